The van der Waals surface area contributed by atoms with Gasteiger partial charge >= 0.3 is 0 Å². The molecule has 1 fully saturated rings. The zero-order chi connectivity index (χ0) is 20.7. The highest BCUT2D eigenvalue weighted by Crippen LogP contribution is 2.50. The number of likely N-dealkylation sites (N-methyl/N-ethyl adjacent to an activating group) is 1. The average molecular weight is 433 g/mol. The molecule has 3 heterocycles. The van der Waals surface area contributed by atoms with Gasteiger partial charge in [-0.25, -0.2) is 4.99 Å². The zero-order valence-electron chi connectivity index (χ0n) is 16.7. The fourth-order valence-corrected chi connectivity index (χ4v) is 6.11. The summed E-state index contributed by atoms with van der Waals surface area (Å²) in [6.07, 6.45) is 1.79. The predicted molar refractivity (Wildman–Crippen MR) is 126 cm³/mol. The van der Waals surface area contributed by atoms with Gasteiger partial charge in [-0.05, 0) is 62.0 Å². The smallest absolute Gasteiger partial charge is 0.269 e. The van der Waals surface area contributed by atoms with Crippen molar-refractivity contribution in [2.75, 3.05) is 18.0 Å². The molecule has 7 heteroatoms. The molecule has 1 saturated heterocycles. The maximum Gasteiger partial charge on any atom is 0.269 e. The molecule has 1 aromatic heterocycles. The number of hydrogen-bond donors (Lipinski definition) is 0. The Balaban J connectivity index is 1.55. The predicted octanol–water partition coefficient (Wildman–Crippen LogP) is 5.62. The highest BCUT2D eigenvalue weighted by atomic mass is 32.2. The molecule has 2 aromatic carbocycles. The minimum atomic E-state index is 0.0254. The monoisotopic (exact) mass is 432 g/mol. The number of fused-ring (bicyclic) bond motifs is 2. The highest BCUT2D eigenvalue weighted by molar-refractivity contribution is 8.19. The van der Waals surface area contributed by atoms with E-state index in [2.05, 4.69) is 28.9 Å². The van der Waals surface area contributed by atoms with Crippen molar-refractivity contribution in [3.63, 3.8) is 0 Å². The third-order valence-electron chi connectivity index (χ3n) is 5.11. The van der Waals surface area contributed by atoms with Crippen LogP contribution in [0.25, 0.3) is 10.9 Å². The van der Waals surface area contributed by atoms with Gasteiger partial charge in [-0.1, -0.05) is 30.0 Å². The standard InChI is InChI=1S/C23H20N4OS2/c1-3-26-18-9-5-6-10-19(18)29-22(26)20-21(28)27(4-2)23(30-20)25-16-11-12-17-15(14-16)8-7-13-24-17/h5-14H,3-4H2,1-2H3/b22-20-,25-23?. The Morgan fingerprint density at radius 3 is 2.63 bits per heavy atom. The number of carbonyl (C=O) groups is 1. The molecule has 2 aliphatic rings. The molecule has 0 aliphatic carbocycles. The van der Waals surface area contributed by atoms with Gasteiger partial charge in [0.05, 0.1) is 16.9 Å². The second-order valence-electron chi connectivity index (χ2n) is 6.87. The van der Waals surface area contributed by atoms with Crippen molar-refractivity contribution in [1.29, 1.82) is 0 Å². The van der Waals surface area contributed by atoms with E-state index in [-0.39, 0.29) is 5.91 Å². The van der Waals surface area contributed by atoms with E-state index in [1.807, 2.05) is 49.4 Å². The number of para-hydroxylation sites is 1. The molecular formula is C23H20N4OS2. The molecule has 0 atom stereocenters. The Labute approximate surface area is 183 Å². The first kappa shape index (κ1) is 19.2. The van der Waals surface area contributed by atoms with Gasteiger partial charge < -0.3 is 4.90 Å². The SMILES string of the molecule is CCN1C(=O)/C(=C2/Sc3ccccc3N2CC)SC1=Nc1ccc2ncccc2c1. The number of carbonyl (C=O) groups excluding carboxylic acids is 1. The summed E-state index contributed by atoms with van der Waals surface area (Å²) in [4.78, 5) is 28.4. The van der Waals surface area contributed by atoms with Crippen LogP contribution in [0, 0.1) is 0 Å². The van der Waals surface area contributed by atoms with E-state index in [4.69, 9.17) is 4.99 Å². The van der Waals surface area contributed by atoms with Gasteiger partial charge in [0.15, 0.2) is 5.17 Å². The lowest BCUT2D eigenvalue weighted by molar-refractivity contribution is -0.122. The normalized spacial score (nSPS) is 19.9. The molecule has 0 spiro atoms. The Hall–Kier alpha value is -2.77. The number of pyridine rings is 1. The highest BCUT2D eigenvalue weighted by Gasteiger charge is 2.38. The topological polar surface area (TPSA) is 48.8 Å². The fraction of sp³-hybridized carbons (Fsp3) is 0.174. The minimum absolute atomic E-state index is 0.0254. The summed E-state index contributed by atoms with van der Waals surface area (Å²) in [5, 5.41) is 2.76. The number of amides is 1. The van der Waals surface area contributed by atoms with Crippen LogP contribution >= 0.6 is 23.5 Å². The van der Waals surface area contributed by atoms with Crippen LogP contribution in [0.4, 0.5) is 11.4 Å². The lowest BCUT2D eigenvalue weighted by atomic mass is 10.2. The molecule has 1 amide bonds. The number of benzene rings is 2. The molecule has 3 aromatic rings. The molecule has 0 bridgehead atoms. The van der Waals surface area contributed by atoms with E-state index in [1.54, 1.807) is 22.9 Å². The van der Waals surface area contributed by atoms with Gasteiger partial charge in [-0.15, -0.1) is 0 Å². The maximum absolute atomic E-state index is 13.3. The molecule has 0 radical (unpaired) electrons. The molecule has 5 nitrogen and oxygen atoms in total. The van der Waals surface area contributed by atoms with E-state index >= 15 is 0 Å². The molecule has 30 heavy (non-hydrogen) atoms. The molecule has 2 aliphatic heterocycles. The van der Waals surface area contributed by atoms with Gasteiger partial charge in [0.2, 0.25) is 0 Å². The van der Waals surface area contributed by atoms with E-state index < -0.39 is 0 Å². The Kier molecular flexibility index (Phi) is 5.00. The van der Waals surface area contributed by atoms with Gasteiger partial charge in [0.1, 0.15) is 9.93 Å². The van der Waals surface area contributed by atoms with Crippen LogP contribution in [-0.2, 0) is 4.79 Å². The first-order valence-electron chi connectivity index (χ1n) is 9.91. The zero-order valence-corrected chi connectivity index (χ0v) is 18.3. The minimum Gasteiger partial charge on any atom is -0.334 e. The molecule has 5 rings (SSSR count). The lowest BCUT2D eigenvalue weighted by Crippen LogP contribution is -2.29. The lowest BCUT2D eigenvalue weighted by Gasteiger charge is -2.19. The molecule has 150 valence electrons. The van der Waals surface area contributed by atoms with E-state index in [9.17, 15) is 4.79 Å². The number of amidine groups is 1. The number of anilines is 1. The number of nitrogens with zero attached hydrogens (tertiary/aromatic N) is 4. The number of hydrogen-bond acceptors (Lipinski definition) is 6. The maximum atomic E-state index is 13.3. The summed E-state index contributed by atoms with van der Waals surface area (Å²) < 4.78 is 0. The number of aliphatic imine (C=N–C) groups is 1. The summed E-state index contributed by atoms with van der Waals surface area (Å²) in [6, 6.07) is 18.2. The van der Waals surface area contributed by atoms with Crippen molar-refractivity contribution >= 4 is 56.9 Å². The van der Waals surface area contributed by atoms with Crippen LogP contribution in [-0.4, -0.2) is 34.0 Å². The molecular weight excluding hydrogens is 412 g/mol. The number of aromatic nitrogens is 1. The third-order valence-corrected chi connectivity index (χ3v) is 7.49. The van der Waals surface area contributed by atoms with Gasteiger partial charge in [0.25, 0.3) is 5.91 Å². The second-order valence-corrected chi connectivity index (χ2v) is 8.88. The van der Waals surface area contributed by atoms with Crippen molar-refractivity contribution in [3.8, 4) is 0 Å². The van der Waals surface area contributed by atoms with E-state index in [0.717, 1.165) is 43.9 Å². The molecule has 0 unspecified atom stereocenters. The average Bonchev–Trinajstić information content (AvgIpc) is 3.30. The van der Waals surface area contributed by atoms with Crippen LogP contribution in [0.15, 0.2) is 80.6 Å². The molecule has 0 N–H and O–H groups in total. The Bertz CT molecular complexity index is 1220. The van der Waals surface area contributed by atoms with E-state index in [0.29, 0.717) is 6.54 Å². The van der Waals surface area contributed by atoms with Crippen molar-refractivity contribution in [3.05, 3.63) is 70.7 Å². The Morgan fingerprint density at radius 1 is 0.967 bits per heavy atom. The molecule has 0 saturated carbocycles. The van der Waals surface area contributed by atoms with Crippen LogP contribution < -0.4 is 4.90 Å². The summed E-state index contributed by atoms with van der Waals surface area (Å²) in [7, 11) is 0. The Morgan fingerprint density at radius 2 is 1.80 bits per heavy atom. The van der Waals surface area contributed by atoms with E-state index in [1.165, 1.54) is 16.7 Å². The van der Waals surface area contributed by atoms with Crippen molar-refractivity contribution in [2.45, 2.75) is 18.7 Å². The fourth-order valence-electron chi connectivity index (χ4n) is 3.66. The van der Waals surface area contributed by atoms with Crippen LogP contribution in [0.2, 0.25) is 0 Å². The van der Waals surface area contributed by atoms with Crippen molar-refractivity contribution in [2.24, 2.45) is 4.99 Å². The van der Waals surface area contributed by atoms with Crippen molar-refractivity contribution < 1.29 is 4.79 Å². The largest absolute Gasteiger partial charge is 0.334 e. The number of rotatable bonds is 3. The van der Waals surface area contributed by atoms with Crippen molar-refractivity contribution in [1.82, 2.24) is 9.88 Å². The van der Waals surface area contributed by atoms with Crippen LogP contribution in [0.5, 0.6) is 0 Å². The third kappa shape index (κ3) is 3.18. The quantitative estimate of drug-likeness (QED) is 0.503. The van der Waals surface area contributed by atoms with Gasteiger partial charge in [0, 0.05) is 29.6 Å². The first-order chi connectivity index (χ1) is 14.7. The van der Waals surface area contributed by atoms with Gasteiger partial charge in [-0.3, -0.25) is 14.7 Å². The summed E-state index contributed by atoms with van der Waals surface area (Å²) >= 11 is 3.13. The number of thioether (sulfide) groups is 2. The summed E-state index contributed by atoms with van der Waals surface area (Å²) in [5.41, 5.74) is 2.92. The van der Waals surface area contributed by atoms with Crippen LogP contribution in [0.3, 0.4) is 0 Å². The second kappa shape index (κ2) is 7.81. The van der Waals surface area contributed by atoms with Gasteiger partial charge in [-0.2, -0.15) is 0 Å². The summed E-state index contributed by atoms with van der Waals surface area (Å²) in [5.74, 6) is 0.0254. The first-order valence-corrected chi connectivity index (χ1v) is 11.5. The summed E-state index contributed by atoms with van der Waals surface area (Å²) in [6.45, 7) is 5.50. The van der Waals surface area contributed by atoms with Crippen LogP contribution in [0.1, 0.15) is 13.8 Å².